The highest BCUT2D eigenvalue weighted by atomic mass is 16.6. The van der Waals surface area contributed by atoms with Gasteiger partial charge in [0, 0.05) is 32.2 Å². The molecule has 0 saturated heterocycles. The molecule has 5 nitrogen and oxygen atoms in total. The molecule has 0 fully saturated rings. The monoisotopic (exact) mass is 460 g/mol. The zero-order valence-electron chi connectivity index (χ0n) is 22.3. The number of amides is 2. The number of unbranched alkanes of at least 4 members (excludes halogenated alkanes) is 7. The van der Waals surface area contributed by atoms with E-state index in [0.717, 1.165) is 6.42 Å². The van der Waals surface area contributed by atoms with Crippen LogP contribution in [0, 0.1) is 0 Å². The minimum atomic E-state index is -0.510. The first kappa shape index (κ1) is 29.0. The summed E-state index contributed by atoms with van der Waals surface area (Å²) in [7, 11) is 3.56. The zero-order chi connectivity index (χ0) is 24.9. The molecule has 0 aromatic heterocycles. The van der Waals surface area contributed by atoms with Gasteiger partial charge in [0.05, 0.1) is 0 Å². The number of hydrogen-bond donors (Lipinski definition) is 0. The molecule has 0 spiro atoms. The first-order valence-corrected chi connectivity index (χ1v) is 12.9. The largest absolute Gasteiger partial charge is 0.444 e. The minimum Gasteiger partial charge on any atom is -0.444 e. The number of nitrogens with zero attached hydrogens (tertiary/aromatic N) is 2. The van der Waals surface area contributed by atoms with Crippen LogP contribution < -0.4 is 0 Å². The molecule has 0 heterocycles. The van der Waals surface area contributed by atoms with Crippen molar-refractivity contribution in [3.8, 4) is 0 Å². The van der Waals surface area contributed by atoms with Crippen molar-refractivity contribution < 1.29 is 14.3 Å². The molecule has 0 aliphatic rings. The molecule has 1 aromatic carbocycles. The Kier molecular flexibility index (Phi) is 13.2. The van der Waals surface area contributed by atoms with Crippen molar-refractivity contribution in [1.82, 2.24) is 9.80 Å². The van der Waals surface area contributed by atoms with Crippen molar-refractivity contribution in [2.75, 3.05) is 20.6 Å². The third-order valence-electron chi connectivity index (χ3n) is 6.09. The van der Waals surface area contributed by atoms with Gasteiger partial charge in [0.1, 0.15) is 5.60 Å². The summed E-state index contributed by atoms with van der Waals surface area (Å²) >= 11 is 0. The molecule has 1 aromatic rings. The van der Waals surface area contributed by atoms with Gasteiger partial charge in [0.25, 0.3) is 5.91 Å². The summed E-state index contributed by atoms with van der Waals surface area (Å²) in [6.07, 6.45) is 12.0. The predicted octanol–water partition coefficient (Wildman–Crippen LogP) is 7.09. The summed E-state index contributed by atoms with van der Waals surface area (Å²) in [6, 6.07) is 8.07. The molecule has 1 rings (SSSR count). The van der Waals surface area contributed by atoms with E-state index in [1.807, 2.05) is 46.9 Å². The van der Waals surface area contributed by atoms with Crippen molar-refractivity contribution in [3.63, 3.8) is 0 Å². The van der Waals surface area contributed by atoms with E-state index in [2.05, 4.69) is 19.1 Å². The number of aryl methyl sites for hydroxylation is 1. The van der Waals surface area contributed by atoms with Crippen molar-refractivity contribution in [2.45, 2.75) is 110 Å². The first-order chi connectivity index (χ1) is 15.5. The molecule has 5 heteroatoms. The van der Waals surface area contributed by atoms with Crippen LogP contribution in [-0.2, 0) is 11.2 Å². The maximum absolute atomic E-state index is 12.9. The molecule has 0 N–H and O–H groups in total. The fraction of sp³-hybridized carbons (Fsp3) is 0.714. The average molecular weight is 461 g/mol. The predicted molar refractivity (Wildman–Crippen MR) is 138 cm³/mol. The molecule has 1 atom stereocenters. The highest BCUT2D eigenvalue weighted by Crippen LogP contribution is 2.15. The maximum Gasteiger partial charge on any atom is 0.410 e. The molecule has 0 aliphatic heterocycles. The maximum atomic E-state index is 12.9. The van der Waals surface area contributed by atoms with E-state index in [4.69, 9.17) is 4.74 Å². The number of carbonyl (C=O) groups excluding carboxylic acids is 2. The van der Waals surface area contributed by atoms with Gasteiger partial charge in [-0.2, -0.15) is 0 Å². The Bertz CT molecular complexity index is 694. The van der Waals surface area contributed by atoms with Gasteiger partial charge >= 0.3 is 6.09 Å². The molecule has 0 bridgehead atoms. The smallest absolute Gasteiger partial charge is 0.410 e. The van der Waals surface area contributed by atoms with E-state index >= 15 is 0 Å². The SMILES string of the molecule is CCCCCCCCCCc1ccc(C(=O)N(C)[C@@H](C)CCN(C)C(=O)OC(C)(C)C)cc1. The lowest BCUT2D eigenvalue weighted by Crippen LogP contribution is -2.39. The summed E-state index contributed by atoms with van der Waals surface area (Å²) < 4.78 is 5.39. The van der Waals surface area contributed by atoms with E-state index < -0.39 is 5.60 Å². The minimum absolute atomic E-state index is 0.0133. The van der Waals surface area contributed by atoms with Crippen molar-refractivity contribution >= 4 is 12.0 Å². The Balaban J connectivity index is 2.39. The van der Waals surface area contributed by atoms with Crippen LogP contribution in [0.2, 0.25) is 0 Å². The fourth-order valence-corrected chi connectivity index (χ4v) is 3.69. The number of rotatable bonds is 14. The summed E-state index contributed by atoms with van der Waals surface area (Å²) in [5, 5.41) is 0. The van der Waals surface area contributed by atoms with Crippen LogP contribution in [0.15, 0.2) is 24.3 Å². The van der Waals surface area contributed by atoms with Crippen LogP contribution >= 0.6 is 0 Å². The van der Waals surface area contributed by atoms with E-state index in [9.17, 15) is 9.59 Å². The average Bonchev–Trinajstić information content (AvgIpc) is 2.77. The quantitative estimate of drug-likeness (QED) is 0.279. The van der Waals surface area contributed by atoms with Gasteiger partial charge in [-0.05, 0) is 64.7 Å². The van der Waals surface area contributed by atoms with Gasteiger partial charge in [0.2, 0.25) is 0 Å². The Hall–Kier alpha value is -2.04. The summed E-state index contributed by atoms with van der Waals surface area (Å²) in [5.41, 5.74) is 1.50. The summed E-state index contributed by atoms with van der Waals surface area (Å²) in [4.78, 5) is 28.3. The second kappa shape index (κ2) is 15.0. The molecule has 2 amide bonds. The van der Waals surface area contributed by atoms with Crippen molar-refractivity contribution in [1.29, 1.82) is 0 Å². The second-order valence-corrected chi connectivity index (χ2v) is 10.4. The molecule has 0 radical (unpaired) electrons. The molecule has 0 unspecified atom stereocenters. The van der Waals surface area contributed by atoms with Crippen LogP contribution in [0.1, 0.15) is 108 Å². The molecular formula is C28H48N2O3. The first-order valence-electron chi connectivity index (χ1n) is 12.9. The van der Waals surface area contributed by atoms with Crippen LogP contribution in [-0.4, -0.2) is 54.1 Å². The Morgan fingerprint density at radius 3 is 2.00 bits per heavy atom. The lowest BCUT2D eigenvalue weighted by atomic mass is 10.0. The Morgan fingerprint density at radius 2 is 1.45 bits per heavy atom. The van der Waals surface area contributed by atoms with E-state index in [0.29, 0.717) is 18.5 Å². The topological polar surface area (TPSA) is 49.9 Å². The molecule has 33 heavy (non-hydrogen) atoms. The summed E-state index contributed by atoms with van der Waals surface area (Å²) in [5.74, 6) is 0.0149. The number of ether oxygens (including phenoxy) is 1. The van der Waals surface area contributed by atoms with Gasteiger partial charge in [0.15, 0.2) is 0 Å². The molecule has 0 saturated carbocycles. The fourth-order valence-electron chi connectivity index (χ4n) is 3.69. The van der Waals surface area contributed by atoms with Crippen molar-refractivity contribution in [2.24, 2.45) is 0 Å². The van der Waals surface area contributed by atoms with Crippen LogP contribution in [0.25, 0.3) is 0 Å². The van der Waals surface area contributed by atoms with Crippen LogP contribution in [0.4, 0.5) is 4.79 Å². The van der Waals surface area contributed by atoms with Crippen LogP contribution in [0.5, 0.6) is 0 Å². The Labute approximate surface area is 202 Å². The van der Waals surface area contributed by atoms with Gasteiger partial charge in [-0.3, -0.25) is 4.79 Å². The van der Waals surface area contributed by atoms with Crippen molar-refractivity contribution in [3.05, 3.63) is 35.4 Å². The Morgan fingerprint density at radius 1 is 0.909 bits per heavy atom. The number of benzene rings is 1. The lowest BCUT2D eigenvalue weighted by Gasteiger charge is -2.28. The number of carbonyl (C=O) groups is 2. The van der Waals surface area contributed by atoms with Gasteiger partial charge < -0.3 is 14.5 Å². The van der Waals surface area contributed by atoms with E-state index in [1.165, 1.54) is 56.9 Å². The highest BCUT2D eigenvalue weighted by Gasteiger charge is 2.22. The van der Waals surface area contributed by atoms with E-state index in [-0.39, 0.29) is 18.0 Å². The normalized spacial score (nSPS) is 12.3. The molecule has 0 aliphatic carbocycles. The van der Waals surface area contributed by atoms with Gasteiger partial charge in [-0.1, -0.05) is 64.0 Å². The molecule has 188 valence electrons. The van der Waals surface area contributed by atoms with Crippen LogP contribution in [0.3, 0.4) is 0 Å². The van der Waals surface area contributed by atoms with Gasteiger partial charge in [-0.25, -0.2) is 4.79 Å². The zero-order valence-corrected chi connectivity index (χ0v) is 22.3. The number of hydrogen-bond acceptors (Lipinski definition) is 3. The second-order valence-electron chi connectivity index (χ2n) is 10.4. The van der Waals surface area contributed by atoms with Gasteiger partial charge in [-0.15, -0.1) is 0 Å². The molecular weight excluding hydrogens is 412 g/mol. The third-order valence-corrected chi connectivity index (χ3v) is 6.09. The highest BCUT2D eigenvalue weighted by molar-refractivity contribution is 5.94. The lowest BCUT2D eigenvalue weighted by molar-refractivity contribution is 0.0287. The standard InChI is InChI=1S/C28H48N2O3/c1-8-9-10-11-12-13-14-15-16-24-17-19-25(20-18-24)26(31)30(7)23(2)21-22-29(6)27(32)33-28(3,4)5/h17-20,23H,8-16,21-22H2,1-7H3/t23-/m0/s1. The summed E-state index contributed by atoms with van der Waals surface area (Å²) in [6.45, 7) is 10.4. The van der Waals surface area contributed by atoms with E-state index in [1.54, 1.807) is 16.8 Å². The third kappa shape index (κ3) is 12.1.